The second-order valence-electron chi connectivity index (χ2n) is 6.80. The van der Waals surface area contributed by atoms with Gasteiger partial charge in [-0.25, -0.2) is 9.59 Å². The molecule has 142 valence electrons. The number of ether oxygens (including phenoxy) is 1. The molecule has 3 heterocycles. The molecule has 0 bridgehead atoms. The van der Waals surface area contributed by atoms with E-state index in [1.807, 2.05) is 0 Å². The SMILES string of the molecule is CN(C)C(=O)NCC(=O)N1CCC2(CC1)OCCc1cc(C(=O)O)sc12. The third kappa shape index (κ3) is 3.54. The van der Waals surface area contributed by atoms with Gasteiger partial charge in [-0.05, 0) is 30.9 Å². The number of likely N-dealkylation sites (tertiary alicyclic amines) is 1. The summed E-state index contributed by atoms with van der Waals surface area (Å²) >= 11 is 1.29. The van der Waals surface area contributed by atoms with Crippen molar-refractivity contribution in [1.29, 1.82) is 0 Å². The minimum absolute atomic E-state index is 0.0295. The number of rotatable bonds is 3. The van der Waals surface area contributed by atoms with Crippen LogP contribution in [0.25, 0.3) is 0 Å². The first-order valence-electron chi connectivity index (χ1n) is 8.56. The molecule has 0 unspecified atom stereocenters. The lowest BCUT2D eigenvalue weighted by Gasteiger charge is -2.43. The van der Waals surface area contributed by atoms with Crippen molar-refractivity contribution in [3.05, 3.63) is 21.4 Å². The van der Waals surface area contributed by atoms with Crippen molar-refractivity contribution in [2.45, 2.75) is 24.9 Å². The Morgan fingerprint density at radius 2 is 2.04 bits per heavy atom. The van der Waals surface area contributed by atoms with Crippen molar-refractivity contribution in [2.75, 3.05) is 40.3 Å². The summed E-state index contributed by atoms with van der Waals surface area (Å²) in [5.74, 6) is -1.03. The van der Waals surface area contributed by atoms with Crippen LogP contribution in [0.2, 0.25) is 0 Å². The van der Waals surface area contributed by atoms with E-state index in [1.54, 1.807) is 25.1 Å². The fourth-order valence-corrected chi connectivity index (χ4v) is 4.69. The third-order valence-corrected chi connectivity index (χ3v) is 6.25. The number of thiophene rings is 1. The summed E-state index contributed by atoms with van der Waals surface area (Å²) in [6, 6.07) is 1.45. The van der Waals surface area contributed by atoms with Gasteiger partial charge in [-0.2, -0.15) is 0 Å². The molecule has 1 aromatic heterocycles. The highest BCUT2D eigenvalue weighted by Crippen LogP contribution is 2.45. The first-order chi connectivity index (χ1) is 12.3. The lowest BCUT2D eigenvalue weighted by atomic mass is 9.85. The number of carboxylic acid groups (broad SMARTS) is 1. The highest BCUT2D eigenvalue weighted by atomic mass is 32.1. The molecule has 0 aliphatic carbocycles. The molecule has 3 rings (SSSR count). The molecule has 3 amide bonds. The van der Waals surface area contributed by atoms with E-state index in [0.29, 0.717) is 37.4 Å². The number of amides is 3. The Balaban J connectivity index is 1.64. The molecular formula is C17H23N3O5S. The van der Waals surface area contributed by atoms with Gasteiger partial charge in [0.2, 0.25) is 5.91 Å². The van der Waals surface area contributed by atoms with E-state index in [1.165, 1.54) is 16.2 Å². The summed E-state index contributed by atoms with van der Waals surface area (Å²) in [5, 5.41) is 11.8. The fourth-order valence-electron chi connectivity index (χ4n) is 3.44. The highest BCUT2D eigenvalue weighted by molar-refractivity contribution is 7.14. The lowest BCUT2D eigenvalue weighted by molar-refractivity contribution is -0.139. The van der Waals surface area contributed by atoms with Gasteiger partial charge >= 0.3 is 12.0 Å². The molecule has 8 nitrogen and oxygen atoms in total. The number of carboxylic acids is 1. The van der Waals surface area contributed by atoms with Gasteiger partial charge in [0.05, 0.1) is 13.2 Å². The van der Waals surface area contributed by atoms with Gasteiger partial charge in [-0.1, -0.05) is 0 Å². The Hall–Kier alpha value is -2.13. The maximum Gasteiger partial charge on any atom is 0.345 e. The van der Waals surface area contributed by atoms with Gasteiger partial charge < -0.3 is 25.0 Å². The molecule has 0 saturated carbocycles. The van der Waals surface area contributed by atoms with Crippen LogP contribution in [0.4, 0.5) is 4.79 Å². The molecule has 1 fully saturated rings. The first-order valence-corrected chi connectivity index (χ1v) is 9.37. The van der Waals surface area contributed by atoms with Crippen LogP contribution in [0.1, 0.15) is 33.0 Å². The first kappa shape index (κ1) is 18.7. The van der Waals surface area contributed by atoms with Crippen LogP contribution in [-0.2, 0) is 21.6 Å². The number of piperidine rings is 1. The van der Waals surface area contributed by atoms with E-state index >= 15 is 0 Å². The van der Waals surface area contributed by atoms with Crippen LogP contribution in [0, 0.1) is 0 Å². The van der Waals surface area contributed by atoms with Gasteiger partial charge in [0, 0.05) is 32.1 Å². The van der Waals surface area contributed by atoms with Crippen molar-refractivity contribution < 1.29 is 24.2 Å². The van der Waals surface area contributed by atoms with Gasteiger partial charge in [0.15, 0.2) is 0 Å². The maximum absolute atomic E-state index is 12.3. The van der Waals surface area contributed by atoms with Crippen molar-refractivity contribution in [2.24, 2.45) is 0 Å². The van der Waals surface area contributed by atoms with Crippen LogP contribution in [-0.4, -0.2) is 73.2 Å². The number of nitrogens with zero attached hydrogens (tertiary/aromatic N) is 2. The molecule has 2 aliphatic heterocycles. The van der Waals surface area contributed by atoms with Crippen molar-refractivity contribution in [1.82, 2.24) is 15.1 Å². The molecule has 2 aliphatic rings. The molecule has 9 heteroatoms. The number of hydrogen-bond donors (Lipinski definition) is 2. The Bertz CT molecular complexity index is 722. The zero-order valence-corrected chi connectivity index (χ0v) is 15.7. The summed E-state index contributed by atoms with van der Waals surface area (Å²) in [4.78, 5) is 39.6. The average Bonchev–Trinajstić information content (AvgIpc) is 3.06. The smallest absolute Gasteiger partial charge is 0.345 e. The number of aromatic carboxylic acids is 1. The van der Waals surface area contributed by atoms with Crippen molar-refractivity contribution in [3.63, 3.8) is 0 Å². The van der Waals surface area contributed by atoms with Gasteiger partial charge in [0.1, 0.15) is 10.5 Å². The number of carbonyl (C=O) groups is 3. The second kappa shape index (κ2) is 7.24. The summed E-state index contributed by atoms with van der Waals surface area (Å²) in [6.07, 6.45) is 1.99. The van der Waals surface area contributed by atoms with E-state index in [9.17, 15) is 19.5 Å². The zero-order valence-electron chi connectivity index (χ0n) is 14.9. The summed E-state index contributed by atoms with van der Waals surface area (Å²) < 4.78 is 6.09. The summed E-state index contributed by atoms with van der Waals surface area (Å²) in [6.45, 7) is 1.58. The molecule has 0 aromatic carbocycles. The predicted octanol–water partition coefficient (Wildman–Crippen LogP) is 1.11. The number of hydrogen-bond acceptors (Lipinski definition) is 5. The van der Waals surface area contributed by atoms with E-state index in [2.05, 4.69) is 5.32 Å². The maximum atomic E-state index is 12.3. The molecule has 1 spiro atoms. The van der Waals surface area contributed by atoms with Gasteiger partial charge in [0.25, 0.3) is 0 Å². The molecule has 1 aromatic rings. The van der Waals surface area contributed by atoms with Crippen LogP contribution in [0.3, 0.4) is 0 Å². The minimum Gasteiger partial charge on any atom is -0.477 e. The van der Waals surface area contributed by atoms with Gasteiger partial charge in [-0.15, -0.1) is 11.3 Å². The number of carbonyl (C=O) groups excluding carboxylic acids is 2. The third-order valence-electron chi connectivity index (χ3n) is 4.90. The van der Waals surface area contributed by atoms with Crippen LogP contribution in [0.5, 0.6) is 0 Å². The Kier molecular flexibility index (Phi) is 5.19. The monoisotopic (exact) mass is 381 g/mol. The van der Waals surface area contributed by atoms with Crippen molar-refractivity contribution in [3.8, 4) is 0 Å². The Morgan fingerprint density at radius 1 is 1.35 bits per heavy atom. The summed E-state index contributed by atoms with van der Waals surface area (Å²) in [5.41, 5.74) is 0.562. The van der Waals surface area contributed by atoms with E-state index in [-0.39, 0.29) is 18.5 Å². The number of nitrogens with one attached hydrogen (secondary N) is 1. The molecule has 0 atom stereocenters. The van der Waals surface area contributed by atoms with E-state index in [4.69, 9.17) is 4.74 Å². The molecular weight excluding hydrogens is 358 g/mol. The lowest BCUT2D eigenvalue weighted by Crippen LogP contribution is -2.50. The molecule has 2 N–H and O–H groups in total. The van der Waals surface area contributed by atoms with E-state index < -0.39 is 11.6 Å². The topological polar surface area (TPSA) is 99.2 Å². The molecule has 26 heavy (non-hydrogen) atoms. The predicted molar refractivity (Wildman–Crippen MR) is 95.5 cm³/mol. The largest absolute Gasteiger partial charge is 0.477 e. The van der Waals surface area contributed by atoms with E-state index in [0.717, 1.165) is 16.9 Å². The Morgan fingerprint density at radius 3 is 2.65 bits per heavy atom. The zero-order chi connectivity index (χ0) is 18.9. The normalized spacial score (nSPS) is 18.3. The minimum atomic E-state index is -0.913. The van der Waals surface area contributed by atoms with Crippen LogP contribution in [0.15, 0.2) is 6.07 Å². The Labute approximate surface area is 155 Å². The number of fused-ring (bicyclic) bond motifs is 2. The van der Waals surface area contributed by atoms with Crippen LogP contribution < -0.4 is 5.32 Å². The highest BCUT2D eigenvalue weighted by Gasteiger charge is 2.43. The van der Waals surface area contributed by atoms with Crippen LogP contribution >= 0.6 is 11.3 Å². The molecule has 1 saturated heterocycles. The quantitative estimate of drug-likeness (QED) is 0.817. The average molecular weight is 381 g/mol. The second-order valence-corrected chi connectivity index (χ2v) is 7.85. The molecule has 0 radical (unpaired) electrons. The van der Waals surface area contributed by atoms with Crippen molar-refractivity contribution >= 4 is 29.2 Å². The summed E-state index contributed by atoms with van der Waals surface area (Å²) in [7, 11) is 3.24. The van der Waals surface area contributed by atoms with Gasteiger partial charge in [-0.3, -0.25) is 4.79 Å². The number of urea groups is 1. The standard InChI is InChI=1S/C17H23N3O5S/c1-19(2)16(24)18-10-13(21)20-6-4-17(5-7-20)14-11(3-8-25-17)9-12(26-14)15(22)23/h9H,3-8,10H2,1-2H3,(H,18,24)(H,22,23). The fraction of sp³-hybridized carbons (Fsp3) is 0.588.